The van der Waals surface area contributed by atoms with E-state index in [0.717, 1.165) is 25.2 Å². The van der Waals surface area contributed by atoms with E-state index in [1.807, 2.05) is 0 Å². The predicted octanol–water partition coefficient (Wildman–Crippen LogP) is 7.22. The van der Waals surface area contributed by atoms with Crippen molar-refractivity contribution < 1.29 is 24.5 Å². The number of nitrogens with zero attached hydrogens (tertiary/aromatic N) is 1. The van der Waals surface area contributed by atoms with Crippen LogP contribution < -0.4 is 0 Å². The van der Waals surface area contributed by atoms with Gasteiger partial charge < -0.3 is 14.9 Å². The second-order valence-corrected chi connectivity index (χ2v) is 14.5. The smallest absolute Gasteiger partial charge is 0.317 e. The number of allylic oxidation sites excluding steroid dienone is 5. The molecule has 3 saturated carbocycles. The van der Waals surface area contributed by atoms with Gasteiger partial charge in [-0.05, 0) is 97.7 Å². The second kappa shape index (κ2) is 13.2. The zero-order valence-electron chi connectivity index (χ0n) is 26.4. The quantitative estimate of drug-likeness (QED) is 0.180. The molecule has 0 spiro atoms. The molecule has 0 aromatic rings. The van der Waals surface area contributed by atoms with E-state index in [9.17, 15) is 9.59 Å². The third-order valence-electron chi connectivity index (χ3n) is 11.7. The fourth-order valence-corrected chi connectivity index (χ4v) is 8.86. The number of carboxylic acid groups (broad SMARTS) is 2. The fraction of sp³-hybridized carbons (Fsp3) is 0.771. The van der Waals surface area contributed by atoms with Crippen molar-refractivity contribution in [2.24, 2.45) is 46.3 Å². The van der Waals surface area contributed by atoms with Crippen LogP contribution >= 0.6 is 0 Å². The Morgan fingerprint density at radius 1 is 0.976 bits per heavy atom. The molecule has 0 aromatic heterocycles. The normalized spacial score (nSPS) is 34.5. The summed E-state index contributed by atoms with van der Waals surface area (Å²) in [5.74, 6) is 2.04. The standard InChI is InChI=1S/C35H55NO5/c1-23(2)24(3)8-9-25(4)29-12-13-30-28-11-10-26-20-27(14-16-34(26,5)31(28)15-17-35(29,30)6)41-19-7-18-36(21-32(37)38)22-33(39)40/h8-11,23-25,27,29-31H,7,12-22H2,1-6H3,(H,37,38)(H,39,40)/b9-8+/t24-,25+,27-,29+,30?,31?,34+,35+/m0/s1. The van der Waals surface area contributed by atoms with E-state index in [4.69, 9.17) is 14.9 Å². The van der Waals surface area contributed by atoms with Crippen molar-refractivity contribution >= 4 is 11.9 Å². The largest absolute Gasteiger partial charge is 0.480 e. The van der Waals surface area contributed by atoms with Gasteiger partial charge in [0.1, 0.15) is 0 Å². The van der Waals surface area contributed by atoms with Crippen molar-refractivity contribution in [2.75, 3.05) is 26.2 Å². The highest BCUT2D eigenvalue weighted by molar-refractivity contribution is 5.72. The molecule has 2 unspecified atom stereocenters. The zero-order valence-corrected chi connectivity index (χ0v) is 26.4. The molecule has 41 heavy (non-hydrogen) atoms. The topological polar surface area (TPSA) is 87.1 Å². The molecule has 0 amide bonds. The van der Waals surface area contributed by atoms with Crippen LogP contribution in [0.3, 0.4) is 0 Å². The Morgan fingerprint density at radius 3 is 2.34 bits per heavy atom. The summed E-state index contributed by atoms with van der Waals surface area (Å²) in [4.78, 5) is 23.6. The second-order valence-electron chi connectivity index (χ2n) is 14.5. The van der Waals surface area contributed by atoms with Crippen molar-refractivity contribution in [2.45, 2.75) is 99.0 Å². The van der Waals surface area contributed by atoms with Gasteiger partial charge in [-0.15, -0.1) is 0 Å². The molecule has 0 aromatic carbocycles. The number of aliphatic carboxylic acids is 2. The summed E-state index contributed by atoms with van der Waals surface area (Å²) in [6.07, 6.45) is 19.2. The van der Waals surface area contributed by atoms with Gasteiger partial charge >= 0.3 is 11.9 Å². The van der Waals surface area contributed by atoms with E-state index < -0.39 is 11.9 Å². The van der Waals surface area contributed by atoms with Gasteiger partial charge in [-0.25, -0.2) is 0 Å². The van der Waals surface area contributed by atoms with Crippen LogP contribution in [0.4, 0.5) is 0 Å². The maximum absolute atomic E-state index is 11.0. The van der Waals surface area contributed by atoms with E-state index in [0.29, 0.717) is 54.6 Å². The highest BCUT2D eigenvalue weighted by Gasteiger charge is 2.56. The van der Waals surface area contributed by atoms with Gasteiger partial charge in [-0.2, -0.15) is 0 Å². The summed E-state index contributed by atoms with van der Waals surface area (Å²) in [7, 11) is 0. The van der Waals surface area contributed by atoms with Crippen molar-refractivity contribution in [3.63, 3.8) is 0 Å². The molecule has 230 valence electrons. The minimum Gasteiger partial charge on any atom is -0.480 e. The molecule has 0 saturated heterocycles. The Balaban J connectivity index is 1.37. The average Bonchev–Trinajstić information content (AvgIpc) is 3.26. The Bertz CT molecular complexity index is 1030. The van der Waals surface area contributed by atoms with Gasteiger partial charge in [0.15, 0.2) is 0 Å². The maximum Gasteiger partial charge on any atom is 0.317 e. The lowest BCUT2D eigenvalue weighted by atomic mass is 9.50. The first-order valence-corrected chi connectivity index (χ1v) is 16.2. The van der Waals surface area contributed by atoms with Crippen LogP contribution in [0.25, 0.3) is 0 Å². The summed E-state index contributed by atoms with van der Waals surface area (Å²) in [6, 6.07) is 0. The van der Waals surface area contributed by atoms with E-state index in [1.165, 1.54) is 36.2 Å². The van der Waals surface area contributed by atoms with Crippen LogP contribution in [0.1, 0.15) is 92.9 Å². The molecular formula is C35H55NO5. The molecule has 3 fully saturated rings. The summed E-state index contributed by atoms with van der Waals surface area (Å²) in [5.41, 5.74) is 3.89. The highest BCUT2D eigenvalue weighted by Crippen LogP contribution is 2.66. The SMILES string of the molecule is CC(C)[C@@H](C)/C=C/[C@@H](C)[C@H]1CCC2C3=CC=C4C[C@@H](OCCCN(CC(=O)O)CC(=O)O)CC[C@@]4(C)C3CC[C@@]21C. The fourth-order valence-electron chi connectivity index (χ4n) is 8.86. The molecule has 6 heteroatoms. The minimum absolute atomic E-state index is 0.183. The average molecular weight is 570 g/mol. The lowest BCUT2D eigenvalue weighted by molar-refractivity contribution is -0.141. The van der Waals surface area contributed by atoms with Gasteiger partial charge in [-0.3, -0.25) is 14.5 Å². The molecule has 6 nitrogen and oxygen atoms in total. The van der Waals surface area contributed by atoms with Gasteiger partial charge in [0.25, 0.3) is 0 Å². The van der Waals surface area contributed by atoms with Crippen molar-refractivity contribution in [3.05, 3.63) is 35.5 Å². The number of ether oxygens (including phenoxy) is 1. The van der Waals surface area contributed by atoms with Gasteiger partial charge in [0.05, 0.1) is 19.2 Å². The molecule has 0 bridgehead atoms. The van der Waals surface area contributed by atoms with Crippen molar-refractivity contribution in [1.29, 1.82) is 0 Å². The Hall–Kier alpha value is -1.92. The number of fused-ring (bicyclic) bond motifs is 5. The van der Waals surface area contributed by atoms with Crippen LogP contribution in [0.15, 0.2) is 35.5 Å². The monoisotopic (exact) mass is 569 g/mol. The molecular weight excluding hydrogens is 514 g/mol. The van der Waals surface area contributed by atoms with Crippen LogP contribution in [0.2, 0.25) is 0 Å². The Morgan fingerprint density at radius 2 is 1.68 bits per heavy atom. The number of carbonyl (C=O) groups is 2. The zero-order chi connectivity index (χ0) is 29.9. The number of rotatable bonds is 13. The molecule has 0 aliphatic heterocycles. The molecule has 0 radical (unpaired) electrons. The first-order chi connectivity index (χ1) is 19.3. The maximum atomic E-state index is 11.0. The predicted molar refractivity (Wildman–Crippen MR) is 164 cm³/mol. The van der Waals surface area contributed by atoms with Crippen LogP contribution in [-0.4, -0.2) is 59.4 Å². The molecule has 8 atom stereocenters. The number of hydrogen-bond donors (Lipinski definition) is 2. The van der Waals surface area contributed by atoms with Gasteiger partial charge in [0.2, 0.25) is 0 Å². The highest BCUT2D eigenvalue weighted by atomic mass is 16.5. The Labute approximate surface area is 248 Å². The van der Waals surface area contributed by atoms with Gasteiger partial charge in [-0.1, -0.05) is 77.0 Å². The molecule has 2 N–H and O–H groups in total. The van der Waals surface area contributed by atoms with E-state index in [-0.39, 0.29) is 24.6 Å². The van der Waals surface area contributed by atoms with Crippen molar-refractivity contribution in [1.82, 2.24) is 4.90 Å². The molecule has 0 heterocycles. The Kier molecular flexibility index (Phi) is 10.3. The van der Waals surface area contributed by atoms with Gasteiger partial charge in [0, 0.05) is 13.2 Å². The first-order valence-electron chi connectivity index (χ1n) is 16.2. The van der Waals surface area contributed by atoms with E-state index >= 15 is 0 Å². The van der Waals surface area contributed by atoms with Crippen LogP contribution in [0, 0.1) is 46.3 Å². The van der Waals surface area contributed by atoms with Crippen LogP contribution in [0.5, 0.6) is 0 Å². The number of carboxylic acids is 2. The van der Waals surface area contributed by atoms with E-state index in [2.05, 4.69) is 65.8 Å². The van der Waals surface area contributed by atoms with Crippen molar-refractivity contribution in [3.8, 4) is 0 Å². The third-order valence-corrected chi connectivity index (χ3v) is 11.7. The first kappa shape index (κ1) is 32.0. The number of hydrogen-bond acceptors (Lipinski definition) is 4. The van der Waals surface area contributed by atoms with E-state index in [1.54, 1.807) is 5.57 Å². The van der Waals surface area contributed by atoms with Crippen LogP contribution in [-0.2, 0) is 14.3 Å². The molecule has 4 rings (SSSR count). The molecule has 4 aliphatic carbocycles. The summed E-state index contributed by atoms with van der Waals surface area (Å²) >= 11 is 0. The summed E-state index contributed by atoms with van der Waals surface area (Å²) in [6.45, 7) is 15.0. The lowest BCUT2D eigenvalue weighted by Crippen LogP contribution is -2.46. The lowest BCUT2D eigenvalue weighted by Gasteiger charge is -2.55. The summed E-state index contributed by atoms with van der Waals surface area (Å²) < 4.78 is 6.26. The third kappa shape index (κ3) is 7.01. The minimum atomic E-state index is -1.01. The molecule has 4 aliphatic rings. The summed E-state index contributed by atoms with van der Waals surface area (Å²) in [5, 5.41) is 18.1.